The minimum absolute atomic E-state index is 0.0463. The number of carbonyl (C=O) groups excluding carboxylic acids is 1. The van der Waals surface area contributed by atoms with E-state index in [-0.39, 0.29) is 12.7 Å². The van der Waals surface area contributed by atoms with Crippen LogP contribution in [0.3, 0.4) is 0 Å². The van der Waals surface area contributed by atoms with Crippen molar-refractivity contribution in [2.24, 2.45) is 0 Å². The highest BCUT2D eigenvalue weighted by atomic mass is 16.7. The Bertz CT molecular complexity index is 886. The molecule has 154 valence electrons. The van der Waals surface area contributed by atoms with Crippen LogP contribution < -0.4 is 14.8 Å². The highest BCUT2D eigenvalue weighted by Crippen LogP contribution is 2.49. The summed E-state index contributed by atoms with van der Waals surface area (Å²) in [5, 5.41) is 7.30. The molecule has 1 N–H and O–H groups in total. The van der Waals surface area contributed by atoms with E-state index in [1.165, 1.54) is 0 Å². The van der Waals surface area contributed by atoms with Crippen LogP contribution in [0.2, 0.25) is 0 Å². The lowest BCUT2D eigenvalue weighted by Gasteiger charge is -2.26. The molecule has 3 aliphatic rings. The van der Waals surface area contributed by atoms with E-state index in [1.54, 1.807) is 0 Å². The molecular weight excluding hydrogens is 374 g/mol. The number of hydrogen-bond acceptors (Lipinski definition) is 7. The third-order valence-electron chi connectivity index (χ3n) is 5.88. The van der Waals surface area contributed by atoms with Crippen molar-refractivity contribution in [3.8, 4) is 22.8 Å². The van der Waals surface area contributed by atoms with Gasteiger partial charge >= 0.3 is 0 Å². The molecule has 1 saturated heterocycles. The average Bonchev–Trinajstić information content (AvgIpc) is 3.19. The fourth-order valence-electron chi connectivity index (χ4n) is 3.91. The van der Waals surface area contributed by atoms with Gasteiger partial charge in [0.05, 0.1) is 24.3 Å². The van der Waals surface area contributed by atoms with Gasteiger partial charge < -0.3 is 24.1 Å². The summed E-state index contributed by atoms with van der Waals surface area (Å²) in [6.07, 6.45) is 2.54. The Morgan fingerprint density at radius 2 is 1.97 bits per heavy atom. The van der Waals surface area contributed by atoms with Crippen molar-refractivity contribution in [1.29, 1.82) is 0 Å². The summed E-state index contributed by atoms with van der Waals surface area (Å²) in [4.78, 5) is 15.2. The number of nitrogens with one attached hydrogen (secondary N) is 1. The van der Waals surface area contributed by atoms with Crippen LogP contribution in [0.25, 0.3) is 11.3 Å². The molecule has 2 fully saturated rings. The van der Waals surface area contributed by atoms with Crippen molar-refractivity contribution in [3.63, 3.8) is 0 Å². The van der Waals surface area contributed by atoms with Crippen molar-refractivity contribution >= 4 is 5.91 Å². The number of hydrogen-bond donors (Lipinski definition) is 1. The lowest BCUT2D eigenvalue weighted by atomic mass is 10.00. The Balaban J connectivity index is 1.19. The molecule has 1 aromatic carbocycles. The zero-order valence-corrected chi connectivity index (χ0v) is 16.3. The maximum Gasteiger partial charge on any atom is 0.232 e. The number of benzene rings is 1. The molecule has 1 amide bonds. The lowest BCUT2D eigenvalue weighted by Crippen LogP contribution is -2.39. The topological polar surface area (TPSA) is 86.1 Å². The molecule has 0 unspecified atom stereocenters. The van der Waals surface area contributed by atoms with Crippen LogP contribution in [0.5, 0.6) is 11.5 Å². The van der Waals surface area contributed by atoms with Crippen molar-refractivity contribution in [2.45, 2.75) is 24.7 Å². The number of morpholine rings is 1. The van der Waals surface area contributed by atoms with Gasteiger partial charge in [0.2, 0.25) is 12.7 Å². The largest absolute Gasteiger partial charge is 0.454 e. The van der Waals surface area contributed by atoms with Gasteiger partial charge in [-0.3, -0.25) is 9.69 Å². The van der Waals surface area contributed by atoms with Gasteiger partial charge in [-0.2, -0.15) is 0 Å². The maximum absolute atomic E-state index is 12.8. The van der Waals surface area contributed by atoms with Crippen LogP contribution >= 0.6 is 0 Å². The second-order valence-corrected chi connectivity index (χ2v) is 7.79. The Hall–Kier alpha value is -2.58. The van der Waals surface area contributed by atoms with E-state index < -0.39 is 5.41 Å². The van der Waals surface area contributed by atoms with Crippen molar-refractivity contribution in [1.82, 2.24) is 15.4 Å². The highest BCUT2D eigenvalue weighted by molar-refractivity contribution is 5.91. The molecule has 5 rings (SSSR count). The van der Waals surface area contributed by atoms with Gasteiger partial charge in [-0.25, -0.2) is 0 Å². The minimum atomic E-state index is -0.545. The third-order valence-corrected chi connectivity index (χ3v) is 5.88. The number of nitrogens with zero attached hydrogens (tertiary/aromatic N) is 2. The van der Waals surface area contributed by atoms with Crippen LogP contribution in [0.1, 0.15) is 25.0 Å². The van der Waals surface area contributed by atoms with Gasteiger partial charge in [-0.05, 0) is 44.0 Å². The Kier molecular flexibility index (Phi) is 4.89. The number of fused-ring (bicyclic) bond motifs is 1. The lowest BCUT2D eigenvalue weighted by molar-refractivity contribution is -0.123. The van der Waals surface area contributed by atoms with E-state index in [4.69, 9.17) is 18.7 Å². The van der Waals surface area contributed by atoms with Crippen LogP contribution in [-0.4, -0.2) is 62.1 Å². The number of aromatic nitrogens is 1. The first-order chi connectivity index (χ1) is 14.2. The molecule has 0 spiro atoms. The zero-order chi connectivity index (χ0) is 19.7. The van der Waals surface area contributed by atoms with Crippen molar-refractivity contribution in [3.05, 3.63) is 30.0 Å². The predicted octanol–water partition coefficient (Wildman–Crippen LogP) is 1.94. The summed E-state index contributed by atoms with van der Waals surface area (Å²) in [7, 11) is 0. The first-order valence-electron chi connectivity index (χ1n) is 10.2. The predicted molar refractivity (Wildman–Crippen MR) is 104 cm³/mol. The zero-order valence-electron chi connectivity index (χ0n) is 16.3. The number of ether oxygens (including phenoxy) is 3. The fourth-order valence-corrected chi connectivity index (χ4v) is 3.91. The van der Waals surface area contributed by atoms with E-state index in [2.05, 4.69) is 15.4 Å². The normalized spacial score (nSPS) is 19.9. The smallest absolute Gasteiger partial charge is 0.232 e. The van der Waals surface area contributed by atoms with E-state index >= 15 is 0 Å². The van der Waals surface area contributed by atoms with E-state index in [0.717, 1.165) is 63.4 Å². The van der Waals surface area contributed by atoms with Gasteiger partial charge in [-0.1, -0.05) is 5.16 Å². The van der Waals surface area contributed by atoms with Crippen LogP contribution in [-0.2, 0) is 14.9 Å². The SMILES string of the molecule is O=C(NCCCN1CCOCC1)C1(c2cc(-c3ccc4c(c3)OCO4)on2)CC1. The fraction of sp³-hybridized carbons (Fsp3) is 0.524. The van der Waals surface area contributed by atoms with E-state index in [1.807, 2.05) is 24.3 Å². The number of rotatable bonds is 7. The summed E-state index contributed by atoms with van der Waals surface area (Å²) >= 11 is 0. The second kappa shape index (κ2) is 7.68. The molecule has 1 aromatic heterocycles. The minimum Gasteiger partial charge on any atom is -0.454 e. The molecule has 2 aliphatic heterocycles. The molecule has 1 saturated carbocycles. The molecule has 8 heteroatoms. The molecule has 8 nitrogen and oxygen atoms in total. The van der Waals surface area contributed by atoms with E-state index in [0.29, 0.717) is 23.7 Å². The van der Waals surface area contributed by atoms with Crippen LogP contribution in [0, 0.1) is 0 Å². The summed E-state index contributed by atoms with van der Waals surface area (Å²) in [5.74, 6) is 2.10. The summed E-state index contributed by atoms with van der Waals surface area (Å²) in [6, 6.07) is 7.51. The van der Waals surface area contributed by atoms with Crippen molar-refractivity contribution < 1.29 is 23.5 Å². The maximum atomic E-state index is 12.8. The van der Waals surface area contributed by atoms with Gasteiger partial charge in [0, 0.05) is 31.3 Å². The molecule has 0 bridgehead atoms. The Morgan fingerprint density at radius 1 is 1.14 bits per heavy atom. The van der Waals surface area contributed by atoms with Gasteiger partial charge in [0.25, 0.3) is 0 Å². The Labute approximate surface area is 169 Å². The molecule has 3 heterocycles. The standard InChI is InChI=1S/C21H25N3O5/c25-20(22-6-1-7-24-8-10-26-11-9-24)21(4-5-21)19-13-17(29-23-19)15-2-3-16-18(12-15)28-14-27-16/h2-3,12-13H,1,4-11,14H2,(H,22,25). The van der Waals surface area contributed by atoms with Crippen LogP contribution in [0.15, 0.2) is 28.8 Å². The molecule has 0 radical (unpaired) electrons. The van der Waals surface area contributed by atoms with Gasteiger partial charge in [-0.15, -0.1) is 0 Å². The average molecular weight is 399 g/mol. The molecular formula is C21H25N3O5. The Morgan fingerprint density at radius 3 is 2.79 bits per heavy atom. The van der Waals surface area contributed by atoms with Crippen LogP contribution in [0.4, 0.5) is 0 Å². The first-order valence-corrected chi connectivity index (χ1v) is 10.2. The summed E-state index contributed by atoms with van der Waals surface area (Å²) in [5.41, 5.74) is 1.02. The highest BCUT2D eigenvalue weighted by Gasteiger charge is 2.53. The monoisotopic (exact) mass is 399 g/mol. The summed E-state index contributed by atoms with van der Waals surface area (Å²) < 4.78 is 21.7. The molecule has 2 aromatic rings. The first kappa shape index (κ1) is 18.4. The van der Waals surface area contributed by atoms with E-state index in [9.17, 15) is 4.79 Å². The van der Waals surface area contributed by atoms with Gasteiger partial charge in [0.1, 0.15) is 0 Å². The third kappa shape index (κ3) is 3.70. The van der Waals surface area contributed by atoms with Crippen molar-refractivity contribution in [2.75, 3.05) is 46.2 Å². The van der Waals surface area contributed by atoms with Gasteiger partial charge in [0.15, 0.2) is 17.3 Å². The number of carbonyl (C=O) groups is 1. The quantitative estimate of drug-likeness (QED) is 0.712. The molecule has 29 heavy (non-hydrogen) atoms. The summed E-state index contributed by atoms with van der Waals surface area (Å²) in [6.45, 7) is 5.43. The molecule has 0 atom stereocenters. The molecule has 1 aliphatic carbocycles. The second-order valence-electron chi connectivity index (χ2n) is 7.79. The number of amides is 1.